The third-order valence-electron chi connectivity index (χ3n) is 8.03. The van der Waals surface area contributed by atoms with Crippen molar-refractivity contribution in [3.05, 3.63) is 118 Å². The molecule has 1 atom stereocenters. The van der Waals surface area contributed by atoms with Crippen molar-refractivity contribution in [1.82, 2.24) is 10.2 Å². The van der Waals surface area contributed by atoms with Gasteiger partial charge in [0.25, 0.3) is 10.0 Å². The van der Waals surface area contributed by atoms with Gasteiger partial charge in [0.2, 0.25) is 11.8 Å². The fourth-order valence-corrected chi connectivity index (χ4v) is 7.18. The van der Waals surface area contributed by atoms with Gasteiger partial charge in [0, 0.05) is 41.2 Å². The zero-order chi connectivity index (χ0) is 35.6. The summed E-state index contributed by atoms with van der Waals surface area (Å²) in [5.74, 6) is -0.374. The Morgan fingerprint density at radius 3 is 2.12 bits per heavy atom. The highest BCUT2D eigenvalue weighted by molar-refractivity contribution is 7.92. The Balaban J connectivity index is 1.86. The maximum absolute atomic E-state index is 14.7. The summed E-state index contributed by atoms with van der Waals surface area (Å²) in [7, 11) is -1.41. The van der Waals surface area contributed by atoms with Crippen LogP contribution in [-0.4, -0.2) is 58.5 Å². The zero-order valence-electron chi connectivity index (χ0n) is 28.0. The molecule has 0 aliphatic rings. The fourth-order valence-electron chi connectivity index (χ4n) is 5.26. The number of nitrogens with zero attached hydrogens (tertiary/aromatic N) is 2. The number of hydrogen-bond acceptors (Lipinski definition) is 6. The van der Waals surface area contributed by atoms with Gasteiger partial charge in [-0.2, -0.15) is 0 Å². The third-order valence-corrected chi connectivity index (χ3v) is 10.5. The predicted molar refractivity (Wildman–Crippen MR) is 194 cm³/mol. The average Bonchev–Trinajstić information content (AvgIpc) is 3.10. The second-order valence-electron chi connectivity index (χ2n) is 11.4. The maximum Gasteiger partial charge on any atom is 0.264 e. The molecule has 0 saturated carbocycles. The van der Waals surface area contributed by atoms with E-state index in [-0.39, 0.29) is 35.2 Å². The van der Waals surface area contributed by atoms with Gasteiger partial charge in [-0.15, -0.1) is 0 Å². The molecule has 49 heavy (non-hydrogen) atoms. The largest absolute Gasteiger partial charge is 0.493 e. The molecule has 0 spiro atoms. The van der Waals surface area contributed by atoms with Gasteiger partial charge in [0.05, 0.1) is 24.8 Å². The predicted octanol–water partition coefficient (Wildman–Crippen LogP) is 7.07. The molecule has 1 unspecified atom stereocenters. The lowest BCUT2D eigenvalue weighted by Gasteiger charge is -2.34. The lowest BCUT2D eigenvalue weighted by Crippen LogP contribution is -2.53. The molecule has 0 aromatic heterocycles. The first-order valence-electron chi connectivity index (χ1n) is 15.9. The van der Waals surface area contributed by atoms with Crippen LogP contribution in [0.5, 0.6) is 11.5 Å². The smallest absolute Gasteiger partial charge is 0.264 e. The van der Waals surface area contributed by atoms with Gasteiger partial charge in [-0.25, -0.2) is 8.42 Å². The molecule has 0 fully saturated rings. The summed E-state index contributed by atoms with van der Waals surface area (Å²) in [5.41, 5.74) is 2.27. The first kappa shape index (κ1) is 37.6. The van der Waals surface area contributed by atoms with E-state index in [1.807, 2.05) is 44.2 Å². The number of unbranched alkanes of at least 4 members (excludes halogenated alkanes) is 1. The van der Waals surface area contributed by atoms with E-state index in [1.54, 1.807) is 36.4 Å². The van der Waals surface area contributed by atoms with Crippen LogP contribution in [0.2, 0.25) is 10.0 Å². The number of methoxy groups -OCH3 is 2. The molecule has 12 heteroatoms. The van der Waals surface area contributed by atoms with E-state index in [2.05, 4.69) is 5.32 Å². The van der Waals surface area contributed by atoms with Gasteiger partial charge in [0.15, 0.2) is 11.5 Å². The molecule has 0 radical (unpaired) electrons. The molecule has 0 heterocycles. The van der Waals surface area contributed by atoms with Gasteiger partial charge >= 0.3 is 0 Å². The SMILES string of the molecule is CCCCNC(=O)C(Cc1ccccc1)N(Cc1c(Cl)cccc1Cl)C(=O)CN(c1ccc(OC)c(OC)c1)S(=O)(=O)c1ccc(C)cc1. The summed E-state index contributed by atoms with van der Waals surface area (Å²) in [6.07, 6.45) is 1.77. The molecule has 9 nitrogen and oxygen atoms in total. The van der Waals surface area contributed by atoms with Crippen LogP contribution in [0.15, 0.2) is 95.9 Å². The van der Waals surface area contributed by atoms with E-state index in [9.17, 15) is 18.0 Å². The number of carbonyl (C=O) groups is 2. The number of rotatable bonds is 16. The zero-order valence-corrected chi connectivity index (χ0v) is 30.3. The molecule has 4 aromatic rings. The minimum absolute atomic E-state index is 0.0143. The van der Waals surface area contributed by atoms with E-state index in [1.165, 1.54) is 43.4 Å². The maximum atomic E-state index is 14.7. The van der Waals surface area contributed by atoms with Gasteiger partial charge in [0.1, 0.15) is 12.6 Å². The Bertz CT molecular complexity index is 1820. The van der Waals surface area contributed by atoms with Crippen molar-refractivity contribution in [2.75, 3.05) is 31.6 Å². The number of amides is 2. The van der Waals surface area contributed by atoms with Gasteiger partial charge < -0.3 is 19.7 Å². The monoisotopic (exact) mass is 725 g/mol. The summed E-state index contributed by atoms with van der Waals surface area (Å²) >= 11 is 13.2. The molecule has 0 aliphatic heterocycles. The molecule has 4 rings (SSSR count). The average molecular weight is 727 g/mol. The van der Waals surface area contributed by atoms with Gasteiger partial charge in [-0.3, -0.25) is 13.9 Å². The first-order valence-corrected chi connectivity index (χ1v) is 18.0. The molecule has 2 amide bonds. The van der Waals surface area contributed by atoms with Crippen molar-refractivity contribution < 1.29 is 27.5 Å². The van der Waals surface area contributed by atoms with Crippen molar-refractivity contribution in [2.24, 2.45) is 0 Å². The Kier molecular flexibility index (Phi) is 13.4. The summed E-state index contributed by atoms with van der Waals surface area (Å²) in [4.78, 5) is 30.0. The van der Waals surface area contributed by atoms with Crippen LogP contribution in [-0.2, 0) is 32.6 Å². The lowest BCUT2D eigenvalue weighted by atomic mass is 10.0. The first-order chi connectivity index (χ1) is 23.5. The van der Waals surface area contributed by atoms with Crippen molar-refractivity contribution >= 4 is 50.7 Å². The van der Waals surface area contributed by atoms with Crippen molar-refractivity contribution in [3.8, 4) is 11.5 Å². The topological polar surface area (TPSA) is 105 Å². The number of anilines is 1. The summed E-state index contributed by atoms with van der Waals surface area (Å²) in [5, 5.41) is 3.58. The standard InChI is InChI=1S/C37H41Cl2N3O6S/c1-5-6-21-40-37(44)33(22-27-11-8-7-9-12-27)41(24-30-31(38)13-10-14-32(30)39)36(43)25-42(28-17-20-34(47-3)35(23-28)48-4)49(45,46)29-18-15-26(2)16-19-29/h7-20,23,33H,5-6,21-22,24-25H2,1-4H3,(H,40,44). The highest BCUT2D eigenvalue weighted by Gasteiger charge is 2.35. The van der Waals surface area contributed by atoms with E-state index < -0.39 is 28.5 Å². The van der Waals surface area contributed by atoms with Gasteiger partial charge in [-0.05, 0) is 55.3 Å². The lowest BCUT2D eigenvalue weighted by molar-refractivity contribution is -0.140. The van der Waals surface area contributed by atoms with Crippen LogP contribution in [0.4, 0.5) is 5.69 Å². The van der Waals surface area contributed by atoms with Crippen molar-refractivity contribution in [1.29, 1.82) is 0 Å². The minimum atomic E-state index is -4.32. The second kappa shape index (κ2) is 17.4. The molecular weight excluding hydrogens is 685 g/mol. The molecule has 260 valence electrons. The summed E-state index contributed by atoms with van der Waals surface area (Å²) in [6.45, 7) is 3.47. The van der Waals surface area contributed by atoms with Crippen LogP contribution in [0, 0.1) is 6.92 Å². The van der Waals surface area contributed by atoms with Gasteiger partial charge in [-0.1, -0.05) is 90.6 Å². The van der Waals surface area contributed by atoms with E-state index in [4.69, 9.17) is 32.7 Å². The number of nitrogens with one attached hydrogen (secondary N) is 1. The molecule has 4 aromatic carbocycles. The van der Waals surface area contributed by atoms with Crippen LogP contribution >= 0.6 is 23.2 Å². The summed E-state index contributed by atoms with van der Waals surface area (Å²) in [6, 6.07) is 24.2. The minimum Gasteiger partial charge on any atom is -0.493 e. The highest BCUT2D eigenvalue weighted by Crippen LogP contribution is 2.34. The van der Waals surface area contributed by atoms with E-state index >= 15 is 0 Å². The summed E-state index contributed by atoms with van der Waals surface area (Å²) < 4.78 is 40.6. The Hall–Kier alpha value is -4.25. The number of halogens is 2. The number of aryl methyl sites for hydroxylation is 1. The number of ether oxygens (including phenoxy) is 2. The molecule has 0 saturated heterocycles. The van der Waals surface area contributed by atoms with E-state index in [0.717, 1.165) is 28.3 Å². The number of sulfonamides is 1. The van der Waals surface area contributed by atoms with Crippen molar-refractivity contribution in [2.45, 2.75) is 50.6 Å². The number of hydrogen-bond donors (Lipinski definition) is 1. The Morgan fingerprint density at radius 1 is 0.857 bits per heavy atom. The Labute approximate surface area is 298 Å². The fraction of sp³-hybridized carbons (Fsp3) is 0.297. The molecule has 0 bridgehead atoms. The molecule has 1 N–H and O–H groups in total. The quantitative estimate of drug-likeness (QED) is 0.124. The van der Waals surface area contributed by atoms with Crippen LogP contribution in [0.1, 0.15) is 36.5 Å². The van der Waals surface area contributed by atoms with Crippen LogP contribution < -0.4 is 19.1 Å². The normalized spacial score (nSPS) is 11.8. The van der Waals surface area contributed by atoms with Crippen LogP contribution in [0.3, 0.4) is 0 Å². The Morgan fingerprint density at radius 2 is 1.51 bits per heavy atom. The van der Waals surface area contributed by atoms with Crippen molar-refractivity contribution in [3.63, 3.8) is 0 Å². The van der Waals surface area contributed by atoms with Crippen LogP contribution in [0.25, 0.3) is 0 Å². The van der Waals surface area contributed by atoms with E-state index in [0.29, 0.717) is 27.9 Å². The highest BCUT2D eigenvalue weighted by atomic mass is 35.5. The number of benzene rings is 4. The molecule has 0 aliphatic carbocycles. The second-order valence-corrected chi connectivity index (χ2v) is 14.1. The number of carbonyl (C=O) groups excluding carboxylic acids is 2. The molecular formula is C37H41Cl2N3O6S. The third kappa shape index (κ3) is 9.47.